The number of rotatable bonds is 4. The number of Topliss-reactive ketones (excluding diaryl/α,β-unsaturated/α-hetero) is 1. The van der Waals surface area contributed by atoms with Gasteiger partial charge in [0.25, 0.3) is 0 Å². The molecule has 0 saturated heterocycles. The van der Waals surface area contributed by atoms with Gasteiger partial charge in [-0.25, -0.2) is 4.79 Å². The first-order valence-electron chi connectivity index (χ1n) is 4.41. The van der Waals surface area contributed by atoms with Gasteiger partial charge >= 0.3 is 6.09 Å². The van der Waals surface area contributed by atoms with Crippen molar-refractivity contribution in [2.75, 3.05) is 7.11 Å². The zero-order chi connectivity index (χ0) is 10.4. The minimum Gasteiger partial charge on any atom is -0.453 e. The van der Waals surface area contributed by atoms with Crippen LogP contribution in [0.5, 0.6) is 0 Å². The molecule has 4 nitrogen and oxygen atoms in total. The Balaban J connectivity index is 4.18. The van der Waals surface area contributed by atoms with Crippen molar-refractivity contribution in [3.8, 4) is 0 Å². The molecule has 0 spiro atoms. The Bertz CT molecular complexity index is 189. The predicted octanol–water partition coefficient (Wildman–Crippen LogP) is 1.35. The molecule has 0 heterocycles. The molecule has 13 heavy (non-hydrogen) atoms. The van der Waals surface area contributed by atoms with Gasteiger partial charge < -0.3 is 10.1 Å². The molecule has 0 aromatic carbocycles. The number of amides is 1. The molecule has 0 aromatic heterocycles. The van der Waals surface area contributed by atoms with Gasteiger partial charge in [-0.3, -0.25) is 4.79 Å². The van der Waals surface area contributed by atoms with E-state index < -0.39 is 12.1 Å². The standard InChI is InChI=1S/C9H17NO3/c1-5-7(8(11)6(2)3)10-9(12)13-4/h6-7H,5H2,1-4H3,(H,10,12)/t7-/m0/s1. The van der Waals surface area contributed by atoms with Crippen molar-refractivity contribution >= 4 is 11.9 Å². The van der Waals surface area contributed by atoms with E-state index in [0.717, 1.165) is 0 Å². The number of nitrogens with one attached hydrogen (secondary N) is 1. The van der Waals surface area contributed by atoms with Gasteiger partial charge in [0.2, 0.25) is 0 Å². The minimum atomic E-state index is -0.555. The molecule has 0 aliphatic heterocycles. The van der Waals surface area contributed by atoms with Crippen molar-refractivity contribution in [3.05, 3.63) is 0 Å². The molecule has 4 heteroatoms. The summed E-state index contributed by atoms with van der Waals surface area (Å²) in [6.07, 6.45) is 0.0346. The lowest BCUT2D eigenvalue weighted by molar-refractivity contribution is -0.123. The van der Waals surface area contributed by atoms with E-state index in [9.17, 15) is 9.59 Å². The van der Waals surface area contributed by atoms with E-state index in [1.54, 1.807) is 0 Å². The molecule has 0 fully saturated rings. The van der Waals surface area contributed by atoms with Gasteiger partial charge in [-0.2, -0.15) is 0 Å². The summed E-state index contributed by atoms with van der Waals surface area (Å²) < 4.78 is 4.41. The number of hydrogen-bond donors (Lipinski definition) is 1. The average Bonchev–Trinajstić information content (AvgIpc) is 2.12. The topological polar surface area (TPSA) is 55.4 Å². The maximum absolute atomic E-state index is 11.5. The molecule has 0 aliphatic rings. The molecule has 1 amide bonds. The Morgan fingerprint density at radius 3 is 2.23 bits per heavy atom. The van der Waals surface area contributed by atoms with Crippen molar-refractivity contribution in [3.63, 3.8) is 0 Å². The number of ether oxygens (including phenoxy) is 1. The smallest absolute Gasteiger partial charge is 0.407 e. The summed E-state index contributed by atoms with van der Waals surface area (Å²) in [7, 11) is 1.28. The Morgan fingerprint density at radius 2 is 1.92 bits per heavy atom. The molecule has 0 aromatic rings. The first-order chi connectivity index (χ1) is 6.02. The highest BCUT2D eigenvalue weighted by atomic mass is 16.5. The van der Waals surface area contributed by atoms with Crippen LogP contribution in [0.2, 0.25) is 0 Å². The first-order valence-corrected chi connectivity index (χ1v) is 4.41. The highest BCUT2D eigenvalue weighted by Crippen LogP contribution is 2.03. The molecule has 0 saturated carbocycles. The quantitative estimate of drug-likeness (QED) is 0.722. The van der Waals surface area contributed by atoms with Gasteiger partial charge in [0.05, 0.1) is 13.2 Å². The second-order valence-electron chi connectivity index (χ2n) is 3.15. The van der Waals surface area contributed by atoms with E-state index in [4.69, 9.17) is 0 Å². The van der Waals surface area contributed by atoms with Crippen LogP contribution in [-0.4, -0.2) is 25.0 Å². The zero-order valence-electron chi connectivity index (χ0n) is 8.59. The maximum Gasteiger partial charge on any atom is 0.407 e. The SMILES string of the molecule is CC[C@H](NC(=O)OC)C(=O)C(C)C. The van der Waals surface area contributed by atoms with Crippen LogP contribution in [-0.2, 0) is 9.53 Å². The molecule has 1 N–H and O–H groups in total. The molecule has 1 atom stereocenters. The largest absolute Gasteiger partial charge is 0.453 e. The number of carbonyl (C=O) groups is 2. The van der Waals surface area contributed by atoms with E-state index in [1.165, 1.54) is 7.11 Å². The number of carbonyl (C=O) groups excluding carboxylic acids is 2. The van der Waals surface area contributed by atoms with Crippen molar-refractivity contribution in [1.82, 2.24) is 5.32 Å². The summed E-state index contributed by atoms with van der Waals surface area (Å²) in [6.45, 7) is 5.47. The Morgan fingerprint density at radius 1 is 1.38 bits per heavy atom. The maximum atomic E-state index is 11.5. The third kappa shape index (κ3) is 3.92. The summed E-state index contributed by atoms with van der Waals surface area (Å²) in [5.74, 6) is -0.0324. The highest BCUT2D eigenvalue weighted by Gasteiger charge is 2.21. The molecule has 0 bridgehead atoms. The normalized spacial score (nSPS) is 12.4. The van der Waals surface area contributed by atoms with Crippen molar-refractivity contribution in [2.24, 2.45) is 5.92 Å². The molecule has 0 radical (unpaired) electrons. The fraction of sp³-hybridized carbons (Fsp3) is 0.778. The molecule has 0 aliphatic carbocycles. The Labute approximate surface area is 78.6 Å². The van der Waals surface area contributed by atoms with E-state index in [-0.39, 0.29) is 11.7 Å². The predicted molar refractivity (Wildman–Crippen MR) is 49.5 cm³/mol. The van der Waals surface area contributed by atoms with Gasteiger partial charge in [-0.05, 0) is 6.42 Å². The monoisotopic (exact) mass is 187 g/mol. The summed E-state index contributed by atoms with van der Waals surface area (Å²) >= 11 is 0. The van der Waals surface area contributed by atoms with Crippen molar-refractivity contribution < 1.29 is 14.3 Å². The summed E-state index contributed by atoms with van der Waals surface area (Å²) in [6, 6.07) is -0.424. The lowest BCUT2D eigenvalue weighted by Crippen LogP contribution is -2.42. The van der Waals surface area contributed by atoms with E-state index in [2.05, 4.69) is 10.1 Å². The van der Waals surface area contributed by atoms with E-state index in [0.29, 0.717) is 6.42 Å². The fourth-order valence-corrected chi connectivity index (χ4v) is 0.978. The van der Waals surface area contributed by atoms with Crippen LogP contribution in [0, 0.1) is 5.92 Å². The molecular formula is C9H17NO3. The van der Waals surface area contributed by atoms with Gasteiger partial charge in [-0.1, -0.05) is 20.8 Å². The summed E-state index contributed by atoms with van der Waals surface area (Å²) in [5, 5.41) is 2.49. The highest BCUT2D eigenvalue weighted by molar-refractivity contribution is 5.88. The van der Waals surface area contributed by atoms with Crippen molar-refractivity contribution in [1.29, 1.82) is 0 Å². The van der Waals surface area contributed by atoms with Crippen LogP contribution in [0.1, 0.15) is 27.2 Å². The van der Waals surface area contributed by atoms with Crippen LogP contribution >= 0.6 is 0 Å². The third-order valence-corrected chi connectivity index (χ3v) is 1.80. The van der Waals surface area contributed by atoms with Gasteiger partial charge in [0, 0.05) is 5.92 Å². The van der Waals surface area contributed by atoms with Crippen LogP contribution in [0.15, 0.2) is 0 Å². The average molecular weight is 187 g/mol. The molecule has 76 valence electrons. The van der Waals surface area contributed by atoms with Gasteiger partial charge in [0.15, 0.2) is 5.78 Å². The van der Waals surface area contributed by atoms with Crippen LogP contribution in [0.25, 0.3) is 0 Å². The minimum absolute atomic E-state index is 0.0351. The first kappa shape index (κ1) is 11.9. The number of hydrogen-bond acceptors (Lipinski definition) is 3. The summed E-state index contributed by atoms with van der Waals surface area (Å²) in [5.41, 5.74) is 0. The second kappa shape index (κ2) is 5.56. The van der Waals surface area contributed by atoms with E-state index in [1.807, 2.05) is 20.8 Å². The van der Waals surface area contributed by atoms with Crippen molar-refractivity contribution in [2.45, 2.75) is 33.2 Å². The van der Waals surface area contributed by atoms with E-state index >= 15 is 0 Å². The lowest BCUT2D eigenvalue weighted by Gasteiger charge is -2.16. The second-order valence-corrected chi connectivity index (χ2v) is 3.15. The Kier molecular flexibility index (Phi) is 5.11. The molecular weight excluding hydrogens is 170 g/mol. The van der Waals surface area contributed by atoms with Gasteiger partial charge in [0.1, 0.15) is 0 Å². The Hall–Kier alpha value is -1.06. The lowest BCUT2D eigenvalue weighted by atomic mass is 10.0. The molecule has 0 unspecified atom stereocenters. The zero-order valence-corrected chi connectivity index (χ0v) is 8.59. The van der Waals surface area contributed by atoms with Crippen LogP contribution in [0.4, 0.5) is 4.79 Å². The third-order valence-electron chi connectivity index (χ3n) is 1.80. The number of methoxy groups -OCH3 is 1. The number of ketones is 1. The van der Waals surface area contributed by atoms with Crippen LogP contribution < -0.4 is 5.32 Å². The molecule has 0 rings (SSSR count). The van der Waals surface area contributed by atoms with Gasteiger partial charge in [-0.15, -0.1) is 0 Å². The summed E-state index contributed by atoms with van der Waals surface area (Å²) in [4.78, 5) is 22.3. The van der Waals surface area contributed by atoms with Crippen LogP contribution in [0.3, 0.4) is 0 Å². The fourth-order valence-electron chi connectivity index (χ4n) is 0.978. The number of alkyl carbamates (subject to hydrolysis) is 1.